The van der Waals surface area contributed by atoms with Crippen LogP contribution in [-0.4, -0.2) is 23.5 Å². The van der Waals surface area contributed by atoms with Crippen molar-refractivity contribution in [1.29, 1.82) is 0 Å². The minimum Gasteiger partial charge on any atom is -0.358 e. The van der Waals surface area contributed by atoms with E-state index in [1.54, 1.807) is 0 Å². The Balaban J connectivity index is 1.84. The smallest absolute Gasteiger partial charge is 0.0456 e. The van der Waals surface area contributed by atoms with Crippen molar-refractivity contribution in [2.45, 2.75) is 19.4 Å². The van der Waals surface area contributed by atoms with E-state index >= 15 is 0 Å². The van der Waals surface area contributed by atoms with Crippen LogP contribution in [0.1, 0.15) is 28.3 Å². The Labute approximate surface area is 125 Å². The average molecular weight is 276 g/mol. The number of aryl methyl sites for hydroxylation is 1. The fourth-order valence-electron chi connectivity index (χ4n) is 3.53. The quantitative estimate of drug-likeness (QED) is 0.710. The van der Waals surface area contributed by atoms with Gasteiger partial charge < -0.3 is 9.88 Å². The zero-order chi connectivity index (χ0) is 14.4. The van der Waals surface area contributed by atoms with Gasteiger partial charge in [-0.2, -0.15) is 0 Å². The predicted molar refractivity (Wildman–Crippen MR) is 87.7 cm³/mol. The number of nitrogens with one attached hydrogen (secondary N) is 1. The molecule has 1 N–H and O–H groups in total. The van der Waals surface area contributed by atoms with Crippen LogP contribution >= 0.6 is 0 Å². The van der Waals surface area contributed by atoms with E-state index in [4.69, 9.17) is 0 Å². The van der Waals surface area contributed by atoms with Crippen LogP contribution < -0.4 is 0 Å². The number of hydrogen-bond donors (Lipinski definition) is 1. The number of benzene rings is 2. The molecule has 4 rings (SSSR count). The van der Waals surface area contributed by atoms with Gasteiger partial charge in [0.15, 0.2) is 0 Å². The second kappa shape index (κ2) is 4.74. The number of nitrogens with zero attached hydrogens (tertiary/aromatic N) is 1. The number of aromatic nitrogens is 1. The summed E-state index contributed by atoms with van der Waals surface area (Å²) in [4.78, 5) is 6.03. The highest BCUT2D eigenvalue weighted by Gasteiger charge is 2.25. The van der Waals surface area contributed by atoms with E-state index in [9.17, 15) is 0 Å². The molecule has 0 saturated carbocycles. The first-order valence-corrected chi connectivity index (χ1v) is 7.56. The molecule has 0 aliphatic carbocycles. The number of rotatable bonds is 1. The Morgan fingerprint density at radius 2 is 1.95 bits per heavy atom. The molecule has 2 heterocycles. The lowest BCUT2D eigenvalue weighted by Crippen LogP contribution is -2.31. The minimum absolute atomic E-state index is 0.437. The molecule has 3 aromatic rings. The number of fused-ring (bicyclic) bond motifs is 2. The first-order valence-electron chi connectivity index (χ1n) is 7.56. The molecule has 2 aromatic carbocycles. The summed E-state index contributed by atoms with van der Waals surface area (Å²) in [7, 11) is 2.21. The van der Waals surface area contributed by atoms with E-state index in [0.29, 0.717) is 5.92 Å². The van der Waals surface area contributed by atoms with Gasteiger partial charge in [0.05, 0.1) is 0 Å². The number of likely N-dealkylation sites (N-methyl/N-ethyl adjacent to an activating group) is 1. The van der Waals surface area contributed by atoms with Crippen molar-refractivity contribution in [3.8, 4) is 0 Å². The monoisotopic (exact) mass is 276 g/mol. The molecule has 0 fully saturated rings. The fourth-order valence-corrected chi connectivity index (χ4v) is 3.53. The average Bonchev–Trinajstić information content (AvgIpc) is 2.89. The molecule has 2 nitrogen and oxygen atoms in total. The molecule has 1 aliphatic rings. The highest BCUT2D eigenvalue weighted by atomic mass is 15.1. The first kappa shape index (κ1) is 12.7. The van der Waals surface area contributed by atoms with E-state index < -0.39 is 0 Å². The lowest BCUT2D eigenvalue weighted by atomic mass is 9.87. The Bertz CT molecular complexity index is 767. The number of H-pyrrole nitrogens is 1. The molecule has 0 radical (unpaired) electrons. The molecule has 0 amide bonds. The van der Waals surface area contributed by atoms with Crippen LogP contribution in [0.15, 0.2) is 48.5 Å². The molecule has 0 spiro atoms. The van der Waals surface area contributed by atoms with Crippen LogP contribution in [0.2, 0.25) is 0 Å². The third-order valence-electron chi connectivity index (χ3n) is 4.53. The summed E-state index contributed by atoms with van der Waals surface area (Å²) in [5.74, 6) is 0.437. The normalized spacial score (nSPS) is 18.9. The molecular formula is C19H20N2. The van der Waals surface area contributed by atoms with Crippen LogP contribution in [0, 0.1) is 6.92 Å². The highest BCUT2D eigenvalue weighted by molar-refractivity contribution is 5.80. The molecule has 1 aliphatic heterocycles. The lowest BCUT2D eigenvalue weighted by Gasteiger charge is -2.32. The third-order valence-corrected chi connectivity index (χ3v) is 4.53. The largest absolute Gasteiger partial charge is 0.358 e. The molecule has 0 saturated heterocycles. The van der Waals surface area contributed by atoms with Crippen LogP contribution in [0.3, 0.4) is 0 Å². The van der Waals surface area contributed by atoms with Gasteiger partial charge in [0.1, 0.15) is 0 Å². The van der Waals surface area contributed by atoms with E-state index in [1.807, 2.05) is 0 Å². The summed E-state index contributed by atoms with van der Waals surface area (Å²) in [6, 6.07) is 17.7. The number of hydrogen-bond acceptors (Lipinski definition) is 1. The number of aromatic amines is 1. The van der Waals surface area contributed by atoms with E-state index in [1.165, 1.54) is 33.3 Å². The highest BCUT2D eigenvalue weighted by Crippen LogP contribution is 2.34. The van der Waals surface area contributed by atoms with Crippen molar-refractivity contribution in [2.75, 3.05) is 13.6 Å². The second-order valence-corrected chi connectivity index (χ2v) is 6.26. The molecule has 1 aromatic heterocycles. The maximum atomic E-state index is 3.61. The van der Waals surface area contributed by atoms with Crippen molar-refractivity contribution in [3.05, 3.63) is 70.9 Å². The molecule has 106 valence electrons. The lowest BCUT2D eigenvalue weighted by molar-refractivity contribution is 0.293. The summed E-state index contributed by atoms with van der Waals surface area (Å²) in [5, 5.41) is 1.30. The maximum absolute atomic E-state index is 3.61. The standard InChI is InChI=1S/C19H20N2/c1-13-7-8-16-15(9-13)11-21(2)12-17(16)19-10-14-5-3-4-6-18(14)20-19/h3-10,17,20H,11-12H2,1-2H3. The van der Waals surface area contributed by atoms with Gasteiger partial charge in [-0.1, -0.05) is 42.0 Å². The maximum Gasteiger partial charge on any atom is 0.0456 e. The summed E-state index contributed by atoms with van der Waals surface area (Å²) in [6.07, 6.45) is 0. The minimum atomic E-state index is 0.437. The molecule has 1 atom stereocenters. The second-order valence-electron chi connectivity index (χ2n) is 6.26. The summed E-state index contributed by atoms with van der Waals surface area (Å²) < 4.78 is 0. The third kappa shape index (κ3) is 2.16. The Morgan fingerprint density at radius 1 is 1.10 bits per heavy atom. The van der Waals surface area contributed by atoms with Gasteiger partial charge in [0.25, 0.3) is 0 Å². The van der Waals surface area contributed by atoms with Gasteiger partial charge >= 0.3 is 0 Å². The molecule has 2 heteroatoms. The summed E-state index contributed by atoms with van der Waals surface area (Å²) in [5.41, 5.74) is 6.85. The van der Waals surface area contributed by atoms with E-state index in [-0.39, 0.29) is 0 Å². The Hall–Kier alpha value is -2.06. The zero-order valence-corrected chi connectivity index (χ0v) is 12.6. The van der Waals surface area contributed by atoms with Gasteiger partial charge in [0, 0.05) is 30.2 Å². The van der Waals surface area contributed by atoms with Crippen LogP contribution in [0.4, 0.5) is 0 Å². The topological polar surface area (TPSA) is 19.0 Å². The van der Waals surface area contributed by atoms with Crippen molar-refractivity contribution in [3.63, 3.8) is 0 Å². The SMILES string of the molecule is Cc1ccc2c(c1)CN(C)CC2c1cc2ccccc2[nH]1. The number of para-hydroxylation sites is 1. The van der Waals surface area contributed by atoms with E-state index in [0.717, 1.165) is 13.1 Å². The van der Waals surface area contributed by atoms with Gasteiger partial charge in [-0.15, -0.1) is 0 Å². The zero-order valence-electron chi connectivity index (χ0n) is 12.6. The van der Waals surface area contributed by atoms with Gasteiger partial charge in [0.2, 0.25) is 0 Å². The summed E-state index contributed by atoms with van der Waals surface area (Å²) >= 11 is 0. The van der Waals surface area contributed by atoms with Gasteiger partial charge in [-0.25, -0.2) is 0 Å². The summed E-state index contributed by atoms with van der Waals surface area (Å²) in [6.45, 7) is 4.30. The van der Waals surface area contributed by atoms with Crippen LogP contribution in [0.25, 0.3) is 10.9 Å². The van der Waals surface area contributed by atoms with E-state index in [2.05, 4.69) is 72.4 Å². The molecule has 21 heavy (non-hydrogen) atoms. The van der Waals surface area contributed by atoms with Crippen LogP contribution in [-0.2, 0) is 6.54 Å². The fraction of sp³-hybridized carbons (Fsp3) is 0.263. The molecule has 1 unspecified atom stereocenters. The Morgan fingerprint density at radius 3 is 2.81 bits per heavy atom. The van der Waals surface area contributed by atoms with Gasteiger partial charge in [-0.3, -0.25) is 0 Å². The molecule has 0 bridgehead atoms. The predicted octanol–water partition coefficient (Wildman–Crippen LogP) is 4.05. The molecular weight excluding hydrogens is 256 g/mol. The Kier molecular flexibility index (Phi) is 2.86. The van der Waals surface area contributed by atoms with Crippen molar-refractivity contribution < 1.29 is 0 Å². The van der Waals surface area contributed by atoms with Crippen molar-refractivity contribution >= 4 is 10.9 Å². The van der Waals surface area contributed by atoms with Crippen molar-refractivity contribution in [2.24, 2.45) is 0 Å². The van der Waals surface area contributed by atoms with Crippen LogP contribution in [0.5, 0.6) is 0 Å². The van der Waals surface area contributed by atoms with Crippen molar-refractivity contribution in [1.82, 2.24) is 9.88 Å². The van der Waals surface area contributed by atoms with Gasteiger partial charge in [-0.05, 0) is 42.6 Å². The first-order chi connectivity index (χ1) is 10.2.